The van der Waals surface area contributed by atoms with E-state index in [1.807, 2.05) is 25.1 Å². The van der Waals surface area contributed by atoms with Crippen molar-refractivity contribution in [3.05, 3.63) is 59.8 Å². The van der Waals surface area contributed by atoms with Crippen molar-refractivity contribution in [2.24, 2.45) is 0 Å². The number of ether oxygens (including phenoxy) is 1. The van der Waals surface area contributed by atoms with Gasteiger partial charge in [-0.1, -0.05) is 18.2 Å². The fraction of sp³-hybridized carbons (Fsp3) is 0.118. The van der Waals surface area contributed by atoms with Crippen LogP contribution < -0.4 is 15.6 Å². The number of carbonyl (C=O) groups excluding carboxylic acids is 2. The summed E-state index contributed by atoms with van der Waals surface area (Å²) in [6.07, 6.45) is 0. The number of para-hydroxylation sites is 1. The SMILES string of the molecule is CCOc1ccc(C(=O)NNC(=O)c2n[nH]c3ccccc23)cc1. The minimum Gasteiger partial charge on any atom is -0.494 e. The number of H-pyrrole nitrogens is 1. The van der Waals surface area contributed by atoms with E-state index in [0.717, 1.165) is 5.52 Å². The Balaban J connectivity index is 1.64. The second-order valence-corrected chi connectivity index (χ2v) is 4.98. The van der Waals surface area contributed by atoms with Gasteiger partial charge in [-0.3, -0.25) is 25.5 Å². The van der Waals surface area contributed by atoms with Crippen LogP contribution in [0.5, 0.6) is 5.75 Å². The van der Waals surface area contributed by atoms with Crippen LogP contribution in [0.2, 0.25) is 0 Å². The molecule has 0 saturated heterocycles. The zero-order valence-electron chi connectivity index (χ0n) is 13.0. The lowest BCUT2D eigenvalue weighted by atomic mass is 10.2. The normalized spacial score (nSPS) is 10.4. The van der Waals surface area contributed by atoms with Gasteiger partial charge in [0.2, 0.25) is 0 Å². The second-order valence-electron chi connectivity index (χ2n) is 4.98. The number of nitrogens with one attached hydrogen (secondary N) is 3. The number of hydrogen-bond donors (Lipinski definition) is 3. The summed E-state index contributed by atoms with van der Waals surface area (Å²) in [6.45, 7) is 2.44. The van der Waals surface area contributed by atoms with Crippen LogP contribution in [0.4, 0.5) is 0 Å². The first-order valence-electron chi connectivity index (χ1n) is 7.45. The highest BCUT2D eigenvalue weighted by Gasteiger charge is 2.14. The van der Waals surface area contributed by atoms with E-state index in [2.05, 4.69) is 21.0 Å². The van der Waals surface area contributed by atoms with Crippen LogP contribution >= 0.6 is 0 Å². The topological polar surface area (TPSA) is 96.1 Å². The second kappa shape index (κ2) is 6.82. The summed E-state index contributed by atoms with van der Waals surface area (Å²) in [5.41, 5.74) is 6.11. The molecule has 2 amide bonds. The quantitative estimate of drug-likeness (QED) is 0.640. The number of hydrogen-bond acceptors (Lipinski definition) is 4. The maximum absolute atomic E-state index is 12.2. The summed E-state index contributed by atoms with van der Waals surface area (Å²) in [4.78, 5) is 24.2. The fourth-order valence-electron chi connectivity index (χ4n) is 2.25. The molecular formula is C17H16N4O3. The average molecular weight is 324 g/mol. The molecule has 3 aromatic rings. The third-order valence-corrected chi connectivity index (χ3v) is 3.40. The van der Waals surface area contributed by atoms with Crippen molar-refractivity contribution < 1.29 is 14.3 Å². The molecule has 2 aromatic carbocycles. The molecule has 7 heteroatoms. The molecule has 24 heavy (non-hydrogen) atoms. The van der Waals surface area contributed by atoms with Crippen LogP contribution in [0.15, 0.2) is 48.5 Å². The zero-order chi connectivity index (χ0) is 16.9. The summed E-state index contributed by atoms with van der Waals surface area (Å²) in [5, 5.41) is 7.43. The van der Waals surface area contributed by atoms with E-state index in [1.165, 1.54) is 0 Å². The van der Waals surface area contributed by atoms with Gasteiger partial charge >= 0.3 is 0 Å². The van der Waals surface area contributed by atoms with Gasteiger partial charge in [0.15, 0.2) is 5.69 Å². The molecule has 122 valence electrons. The van der Waals surface area contributed by atoms with E-state index in [1.54, 1.807) is 30.3 Å². The maximum atomic E-state index is 12.2. The fourth-order valence-corrected chi connectivity index (χ4v) is 2.25. The molecule has 0 saturated carbocycles. The van der Waals surface area contributed by atoms with Gasteiger partial charge in [0.1, 0.15) is 5.75 Å². The van der Waals surface area contributed by atoms with Crippen molar-refractivity contribution in [2.75, 3.05) is 6.61 Å². The number of aromatic nitrogens is 2. The molecule has 1 heterocycles. The average Bonchev–Trinajstić information content (AvgIpc) is 3.04. The Morgan fingerprint density at radius 2 is 1.75 bits per heavy atom. The molecule has 0 radical (unpaired) electrons. The molecule has 7 nitrogen and oxygen atoms in total. The number of amides is 2. The van der Waals surface area contributed by atoms with E-state index >= 15 is 0 Å². The molecule has 0 unspecified atom stereocenters. The van der Waals surface area contributed by atoms with Gasteiger partial charge in [-0.15, -0.1) is 0 Å². The Morgan fingerprint density at radius 1 is 1.04 bits per heavy atom. The van der Waals surface area contributed by atoms with Crippen molar-refractivity contribution in [1.82, 2.24) is 21.0 Å². The van der Waals surface area contributed by atoms with Crippen molar-refractivity contribution >= 4 is 22.7 Å². The van der Waals surface area contributed by atoms with Crippen LogP contribution in [0, 0.1) is 0 Å². The summed E-state index contributed by atoms with van der Waals surface area (Å²) in [5.74, 6) is -0.237. The van der Waals surface area contributed by atoms with Crippen LogP contribution in [0.25, 0.3) is 10.9 Å². The first-order chi connectivity index (χ1) is 11.7. The Bertz CT molecular complexity index is 871. The standard InChI is InChI=1S/C17H16N4O3/c1-2-24-12-9-7-11(8-10-12)16(22)20-21-17(23)15-13-5-3-4-6-14(13)18-19-15/h3-10H,2H2,1H3,(H,18,19)(H,20,22)(H,21,23). The molecule has 0 spiro atoms. The Morgan fingerprint density at radius 3 is 2.50 bits per heavy atom. The number of aromatic amines is 1. The predicted molar refractivity (Wildman–Crippen MR) is 88.6 cm³/mol. The van der Waals surface area contributed by atoms with Gasteiger partial charge in [0.05, 0.1) is 12.1 Å². The molecule has 0 fully saturated rings. The molecule has 3 rings (SSSR count). The summed E-state index contributed by atoms with van der Waals surface area (Å²) < 4.78 is 5.32. The van der Waals surface area contributed by atoms with Crippen LogP contribution in [-0.2, 0) is 0 Å². The number of fused-ring (bicyclic) bond motifs is 1. The molecule has 0 bridgehead atoms. The van der Waals surface area contributed by atoms with Crippen molar-refractivity contribution in [1.29, 1.82) is 0 Å². The van der Waals surface area contributed by atoms with E-state index in [-0.39, 0.29) is 5.69 Å². The van der Waals surface area contributed by atoms with Gasteiger partial charge in [-0.25, -0.2) is 0 Å². The molecule has 0 atom stereocenters. The predicted octanol–water partition coefficient (Wildman–Crippen LogP) is 2.04. The van der Waals surface area contributed by atoms with Gasteiger partial charge in [0.25, 0.3) is 11.8 Å². The van der Waals surface area contributed by atoms with Gasteiger partial charge < -0.3 is 4.74 Å². The summed E-state index contributed by atoms with van der Waals surface area (Å²) in [7, 11) is 0. The Hall–Kier alpha value is -3.35. The minimum atomic E-state index is -0.494. The molecule has 0 aliphatic heterocycles. The van der Waals surface area contributed by atoms with Crippen molar-refractivity contribution in [3.8, 4) is 5.75 Å². The number of nitrogens with zero attached hydrogens (tertiary/aromatic N) is 1. The minimum absolute atomic E-state index is 0.220. The number of benzene rings is 2. The van der Waals surface area contributed by atoms with Crippen molar-refractivity contribution in [2.45, 2.75) is 6.92 Å². The third-order valence-electron chi connectivity index (χ3n) is 3.40. The highest BCUT2D eigenvalue weighted by molar-refractivity contribution is 6.05. The first-order valence-corrected chi connectivity index (χ1v) is 7.45. The van der Waals surface area contributed by atoms with E-state index in [0.29, 0.717) is 23.3 Å². The molecule has 1 aromatic heterocycles. The van der Waals surface area contributed by atoms with Crippen molar-refractivity contribution in [3.63, 3.8) is 0 Å². The van der Waals surface area contributed by atoms with Gasteiger partial charge in [0, 0.05) is 10.9 Å². The lowest BCUT2D eigenvalue weighted by Gasteiger charge is -2.07. The van der Waals surface area contributed by atoms with E-state index < -0.39 is 11.8 Å². The highest BCUT2D eigenvalue weighted by Crippen LogP contribution is 2.15. The summed E-state index contributed by atoms with van der Waals surface area (Å²) >= 11 is 0. The van der Waals surface area contributed by atoms with Gasteiger partial charge in [-0.2, -0.15) is 5.10 Å². The van der Waals surface area contributed by atoms with E-state index in [9.17, 15) is 9.59 Å². The van der Waals surface area contributed by atoms with Gasteiger partial charge in [-0.05, 0) is 37.3 Å². The van der Waals surface area contributed by atoms with Crippen LogP contribution in [0.3, 0.4) is 0 Å². The molecular weight excluding hydrogens is 308 g/mol. The van der Waals surface area contributed by atoms with Crippen LogP contribution in [-0.4, -0.2) is 28.6 Å². The first kappa shape index (κ1) is 15.5. The molecule has 0 aliphatic carbocycles. The zero-order valence-corrected chi connectivity index (χ0v) is 13.0. The maximum Gasteiger partial charge on any atom is 0.290 e. The third kappa shape index (κ3) is 3.19. The smallest absolute Gasteiger partial charge is 0.290 e. The monoisotopic (exact) mass is 324 g/mol. The number of carbonyl (C=O) groups is 2. The lowest BCUT2D eigenvalue weighted by Crippen LogP contribution is -2.41. The number of hydrazine groups is 1. The highest BCUT2D eigenvalue weighted by atomic mass is 16.5. The van der Waals surface area contributed by atoms with E-state index in [4.69, 9.17) is 4.74 Å². The largest absolute Gasteiger partial charge is 0.494 e. The Kier molecular flexibility index (Phi) is 4.42. The summed E-state index contributed by atoms with van der Waals surface area (Å²) in [6, 6.07) is 13.9. The Labute approximate surface area is 138 Å². The molecule has 3 N–H and O–H groups in total. The molecule has 0 aliphatic rings. The number of rotatable bonds is 4. The van der Waals surface area contributed by atoms with Crippen LogP contribution in [0.1, 0.15) is 27.8 Å². The lowest BCUT2D eigenvalue weighted by molar-refractivity contribution is 0.0844.